The number of pyridine rings is 3. The molecule has 13 rings (SSSR count). The van der Waals surface area contributed by atoms with Crippen molar-refractivity contribution in [2.45, 2.75) is 78.6 Å². The minimum absolute atomic E-state index is 0.157. The van der Waals surface area contributed by atoms with Crippen LogP contribution in [0.25, 0.3) is 134 Å². The van der Waals surface area contributed by atoms with Crippen molar-refractivity contribution < 1.29 is 0 Å². The molecule has 0 fully saturated rings. The van der Waals surface area contributed by atoms with Gasteiger partial charge in [-0.05, 0) is 183 Å². The maximum Gasteiger partial charge on any atom is 0.0709 e. The van der Waals surface area contributed by atoms with Gasteiger partial charge in [0, 0.05) is 56.4 Å². The summed E-state index contributed by atoms with van der Waals surface area (Å²) in [6.07, 6.45) is 6.33. The maximum atomic E-state index is 5.34. The van der Waals surface area contributed by atoms with Gasteiger partial charge in [0.25, 0.3) is 0 Å². The van der Waals surface area contributed by atoms with Gasteiger partial charge in [0.05, 0.1) is 17.1 Å². The summed E-state index contributed by atoms with van der Waals surface area (Å²) in [5.41, 5.74) is 28.9. The van der Waals surface area contributed by atoms with E-state index < -0.39 is 0 Å². The van der Waals surface area contributed by atoms with Crippen molar-refractivity contribution in [3.05, 3.63) is 307 Å². The van der Waals surface area contributed by atoms with Gasteiger partial charge in [0.2, 0.25) is 0 Å². The smallest absolute Gasteiger partial charge is 0.0709 e. The molecule has 0 atom stereocenters. The van der Waals surface area contributed by atoms with Crippen LogP contribution in [0.5, 0.6) is 0 Å². The molecule has 0 amide bonds. The summed E-state index contributed by atoms with van der Waals surface area (Å²) in [5, 5.41) is 0. The number of halogens is 1. The average Bonchev–Trinajstić information content (AvgIpc) is 0.784. The third kappa shape index (κ3) is 12.7. The lowest BCUT2D eigenvalue weighted by Gasteiger charge is -2.25. The van der Waals surface area contributed by atoms with Crippen LogP contribution in [0.4, 0.5) is 0 Å². The predicted molar refractivity (Wildman–Crippen MR) is 389 cm³/mol. The fourth-order valence-electron chi connectivity index (χ4n) is 12.5. The van der Waals surface area contributed by atoms with Crippen molar-refractivity contribution in [1.29, 1.82) is 0 Å². The summed E-state index contributed by atoms with van der Waals surface area (Å²) in [7, 11) is 0. The van der Waals surface area contributed by atoms with Crippen LogP contribution in [0.1, 0.15) is 79.0 Å². The summed E-state index contributed by atoms with van der Waals surface area (Å²) >= 11 is 3.76. The highest BCUT2D eigenvalue weighted by Crippen LogP contribution is 2.49. The second kappa shape index (κ2) is 24.8. The van der Waals surface area contributed by atoms with Gasteiger partial charge in [-0.25, -0.2) is 0 Å². The van der Waals surface area contributed by atoms with Gasteiger partial charge >= 0.3 is 0 Å². The quantitative estimate of drug-likeness (QED) is 0.122. The fourth-order valence-corrected chi connectivity index (χ4v) is 12.9. The first-order valence-electron chi connectivity index (χ1n) is 31.6. The molecule has 10 aromatic carbocycles. The zero-order valence-electron chi connectivity index (χ0n) is 53.4. The van der Waals surface area contributed by atoms with Gasteiger partial charge in [-0.2, -0.15) is 0 Å². The third-order valence-electron chi connectivity index (χ3n) is 17.6. The lowest BCUT2D eigenvalue weighted by molar-refractivity contribution is 0.590. The number of benzene rings is 10. The Morgan fingerprint density at radius 3 is 0.769 bits per heavy atom. The Balaban J connectivity index is 1.13. The van der Waals surface area contributed by atoms with Crippen LogP contribution in [0.3, 0.4) is 0 Å². The lowest BCUT2D eigenvalue weighted by atomic mass is 9.79. The number of hydrogen-bond donors (Lipinski definition) is 0. The molecule has 0 spiro atoms. The van der Waals surface area contributed by atoms with Crippen molar-refractivity contribution in [3.8, 4) is 134 Å². The monoisotopic (exact) mass is 1240 g/mol. The molecule has 0 aliphatic heterocycles. The van der Waals surface area contributed by atoms with E-state index in [4.69, 9.17) is 15.0 Å². The Morgan fingerprint density at radius 2 is 0.484 bits per heavy atom. The zero-order valence-corrected chi connectivity index (χ0v) is 54.9. The van der Waals surface area contributed by atoms with Gasteiger partial charge in [0.1, 0.15) is 0 Å². The first-order chi connectivity index (χ1) is 43.9. The Hall–Kier alpha value is -9.87. The Labute approximate surface area is 546 Å². The van der Waals surface area contributed by atoms with E-state index in [0.717, 1.165) is 138 Å². The van der Waals surface area contributed by atoms with E-state index in [1.54, 1.807) is 0 Å². The Morgan fingerprint density at radius 1 is 0.209 bits per heavy atom. The number of aromatic nitrogens is 3. The van der Waals surface area contributed by atoms with Crippen LogP contribution in [0.2, 0.25) is 0 Å². The second-order valence-electron chi connectivity index (χ2n) is 27.0. The first kappa shape index (κ1) is 60.1. The van der Waals surface area contributed by atoms with E-state index in [9.17, 15) is 0 Å². The molecule has 0 saturated carbocycles. The lowest BCUT2D eigenvalue weighted by Crippen LogP contribution is -2.11. The van der Waals surface area contributed by atoms with Crippen LogP contribution >= 0.6 is 15.9 Å². The SMILES string of the molecule is CC(C)(C)c1ccc(-c2cc(-c3ccc(C(C)(C)C)cc3-c3cnc(-c4ccccc4)cc3-c3ccccc3)cc(-c3ccc(C(C)(C)C)cc3-c3cnc(-c4cccc(Br)c4)cc3-c3ccccc3)c2)c(-c2cnc(-c3ccccc3)cc2-c2ccccc2)c1. The van der Waals surface area contributed by atoms with Crippen LogP contribution in [-0.4, -0.2) is 15.0 Å². The average molecular weight is 1240 g/mol. The van der Waals surface area contributed by atoms with Gasteiger partial charge in [-0.15, -0.1) is 0 Å². The molecule has 3 aromatic heterocycles. The molecule has 0 bridgehead atoms. The van der Waals surface area contributed by atoms with Crippen LogP contribution in [0, 0.1) is 0 Å². The molecule has 0 N–H and O–H groups in total. The van der Waals surface area contributed by atoms with Crippen molar-refractivity contribution in [3.63, 3.8) is 0 Å². The molecular formula is C87H74BrN3. The topological polar surface area (TPSA) is 38.7 Å². The Kier molecular flexibility index (Phi) is 16.4. The number of rotatable bonds is 12. The zero-order chi connectivity index (χ0) is 63.0. The minimum atomic E-state index is -0.161. The molecule has 4 heteroatoms. The normalized spacial score (nSPS) is 11.8. The summed E-state index contributed by atoms with van der Waals surface area (Å²) < 4.78 is 1.01. The molecule has 3 nitrogen and oxygen atoms in total. The highest BCUT2D eigenvalue weighted by molar-refractivity contribution is 9.10. The van der Waals surface area contributed by atoms with Crippen LogP contribution < -0.4 is 0 Å². The summed E-state index contributed by atoms with van der Waals surface area (Å²) in [6.45, 7) is 20.7. The summed E-state index contributed by atoms with van der Waals surface area (Å²) in [5.74, 6) is 0. The number of nitrogens with zero attached hydrogens (tertiary/aromatic N) is 3. The highest BCUT2D eigenvalue weighted by atomic mass is 79.9. The van der Waals surface area contributed by atoms with Crippen molar-refractivity contribution in [2.75, 3.05) is 0 Å². The van der Waals surface area contributed by atoms with E-state index in [0.29, 0.717) is 0 Å². The standard InChI is InChI=1S/C87H74BrN3/c1-85(2,3)66-38-41-70(76(48-66)79-54-89-82(60-32-21-13-22-33-60)51-73(79)57-26-15-10-16-27-57)63-44-64(71-42-39-67(86(4,5)6)49-77(71)80-55-90-83(61-34-23-14-24-35-61)52-74(80)58-28-17-11-18-29-58)46-65(45-63)72-43-40-68(87(7,8)9)50-78(72)81-56-91-84(62-36-25-37-69(88)47-62)53-75(81)59-30-19-12-20-31-59/h10-56H,1-9H3. The van der Waals surface area contributed by atoms with Gasteiger partial charge in [-0.1, -0.05) is 278 Å². The van der Waals surface area contributed by atoms with Crippen molar-refractivity contribution in [2.24, 2.45) is 0 Å². The van der Waals surface area contributed by atoms with Crippen molar-refractivity contribution in [1.82, 2.24) is 15.0 Å². The fraction of sp³-hybridized carbons (Fsp3) is 0.138. The van der Waals surface area contributed by atoms with Crippen LogP contribution in [0.15, 0.2) is 290 Å². The molecule has 91 heavy (non-hydrogen) atoms. The minimum Gasteiger partial charge on any atom is -0.256 e. The summed E-state index contributed by atoms with van der Waals surface area (Å²) in [6, 6.07) is 97.4. The summed E-state index contributed by atoms with van der Waals surface area (Å²) in [4.78, 5) is 16.0. The van der Waals surface area contributed by atoms with Gasteiger partial charge < -0.3 is 0 Å². The van der Waals surface area contributed by atoms with Crippen LogP contribution in [-0.2, 0) is 16.2 Å². The van der Waals surface area contributed by atoms with E-state index in [-0.39, 0.29) is 16.2 Å². The molecule has 13 aromatic rings. The largest absolute Gasteiger partial charge is 0.256 e. The van der Waals surface area contributed by atoms with Crippen molar-refractivity contribution >= 4 is 15.9 Å². The molecule has 0 radical (unpaired) electrons. The highest BCUT2D eigenvalue weighted by Gasteiger charge is 2.26. The van der Waals surface area contributed by atoms with Gasteiger partial charge in [0.15, 0.2) is 0 Å². The molecule has 0 saturated heterocycles. The molecule has 0 unspecified atom stereocenters. The second-order valence-corrected chi connectivity index (χ2v) is 27.9. The van der Waals surface area contributed by atoms with E-state index >= 15 is 0 Å². The van der Waals surface area contributed by atoms with E-state index in [1.807, 2.05) is 0 Å². The molecular weight excluding hydrogens is 1170 g/mol. The molecule has 444 valence electrons. The molecule has 0 aliphatic rings. The maximum absolute atomic E-state index is 5.34. The first-order valence-corrected chi connectivity index (χ1v) is 32.3. The van der Waals surface area contributed by atoms with E-state index in [1.165, 1.54) is 16.7 Å². The number of hydrogen-bond acceptors (Lipinski definition) is 3. The molecule has 3 heterocycles. The predicted octanol–water partition coefficient (Wildman–Crippen LogP) is 24.5. The third-order valence-corrected chi connectivity index (χ3v) is 18.1. The van der Waals surface area contributed by atoms with Gasteiger partial charge in [-0.3, -0.25) is 15.0 Å². The van der Waals surface area contributed by atoms with E-state index in [2.05, 4.69) is 364 Å². The molecule has 0 aliphatic carbocycles. The Bertz CT molecular complexity index is 4580.